The molecule has 19 heavy (non-hydrogen) atoms. The van der Waals surface area contributed by atoms with E-state index in [1.165, 1.54) is 5.56 Å². The third kappa shape index (κ3) is 7.62. The molecule has 0 spiro atoms. The van der Waals surface area contributed by atoms with Crippen molar-refractivity contribution in [3.8, 4) is 0 Å². The second-order valence-electron chi connectivity index (χ2n) is 5.53. The van der Waals surface area contributed by atoms with E-state index in [2.05, 4.69) is 31.3 Å². The zero-order valence-electron chi connectivity index (χ0n) is 11.9. The molecule has 106 valence electrons. The van der Waals surface area contributed by atoms with E-state index in [9.17, 15) is 4.79 Å². The first-order valence-corrected chi connectivity index (χ1v) is 7.04. The maximum absolute atomic E-state index is 10.8. The SMILES string of the molecule is CC(C)CC(CNCCc1ccccc1)CC(=O)O. The Balaban J connectivity index is 2.25. The van der Waals surface area contributed by atoms with Gasteiger partial charge in [0.05, 0.1) is 0 Å². The number of nitrogens with one attached hydrogen (secondary N) is 1. The minimum absolute atomic E-state index is 0.230. The minimum Gasteiger partial charge on any atom is -0.481 e. The molecule has 0 saturated carbocycles. The third-order valence-electron chi connectivity index (χ3n) is 3.13. The van der Waals surface area contributed by atoms with Gasteiger partial charge in [0, 0.05) is 6.42 Å². The normalized spacial score (nSPS) is 12.6. The highest BCUT2D eigenvalue weighted by Gasteiger charge is 2.14. The molecule has 0 bridgehead atoms. The number of aliphatic carboxylic acids is 1. The fourth-order valence-corrected chi connectivity index (χ4v) is 2.34. The lowest BCUT2D eigenvalue weighted by Crippen LogP contribution is -2.27. The molecule has 0 radical (unpaired) electrons. The monoisotopic (exact) mass is 263 g/mol. The lowest BCUT2D eigenvalue weighted by Gasteiger charge is -2.17. The van der Waals surface area contributed by atoms with Crippen LogP contribution in [-0.4, -0.2) is 24.2 Å². The number of benzene rings is 1. The summed E-state index contributed by atoms with van der Waals surface area (Å²) in [6.07, 6.45) is 2.21. The van der Waals surface area contributed by atoms with Gasteiger partial charge < -0.3 is 10.4 Å². The van der Waals surface area contributed by atoms with Gasteiger partial charge in [0.2, 0.25) is 0 Å². The average Bonchev–Trinajstić information content (AvgIpc) is 2.34. The van der Waals surface area contributed by atoms with Crippen LogP contribution in [0, 0.1) is 11.8 Å². The smallest absolute Gasteiger partial charge is 0.303 e. The van der Waals surface area contributed by atoms with Crippen LogP contribution in [0.4, 0.5) is 0 Å². The molecule has 0 heterocycles. The highest BCUT2D eigenvalue weighted by Crippen LogP contribution is 2.14. The van der Waals surface area contributed by atoms with Crippen molar-refractivity contribution in [1.29, 1.82) is 0 Å². The first-order valence-electron chi connectivity index (χ1n) is 7.04. The first kappa shape index (κ1) is 15.7. The molecule has 3 nitrogen and oxygen atoms in total. The zero-order valence-corrected chi connectivity index (χ0v) is 11.9. The van der Waals surface area contributed by atoms with Crippen molar-refractivity contribution in [1.82, 2.24) is 5.32 Å². The largest absolute Gasteiger partial charge is 0.481 e. The van der Waals surface area contributed by atoms with Gasteiger partial charge in [0.15, 0.2) is 0 Å². The minimum atomic E-state index is -0.699. The number of rotatable bonds is 9. The first-order chi connectivity index (χ1) is 9.08. The van der Waals surface area contributed by atoms with Crippen molar-refractivity contribution in [2.75, 3.05) is 13.1 Å². The predicted octanol–water partition coefficient (Wildman–Crippen LogP) is 2.96. The Bertz CT molecular complexity index is 362. The molecule has 3 heteroatoms. The van der Waals surface area contributed by atoms with Crippen LogP contribution in [0.5, 0.6) is 0 Å². The molecule has 0 aliphatic heterocycles. The van der Waals surface area contributed by atoms with Gasteiger partial charge >= 0.3 is 5.97 Å². The second-order valence-corrected chi connectivity index (χ2v) is 5.53. The van der Waals surface area contributed by atoms with Crippen molar-refractivity contribution in [2.45, 2.75) is 33.1 Å². The number of carbonyl (C=O) groups is 1. The van der Waals surface area contributed by atoms with E-state index >= 15 is 0 Å². The van der Waals surface area contributed by atoms with Crippen LogP contribution in [0.25, 0.3) is 0 Å². The summed E-state index contributed by atoms with van der Waals surface area (Å²) in [5.74, 6) is 0.0732. The quantitative estimate of drug-likeness (QED) is 0.673. The topological polar surface area (TPSA) is 49.3 Å². The van der Waals surface area contributed by atoms with Crippen LogP contribution in [0.3, 0.4) is 0 Å². The summed E-state index contributed by atoms with van der Waals surface area (Å²) in [6.45, 7) is 5.97. The Morgan fingerprint density at radius 3 is 2.53 bits per heavy atom. The Labute approximate surface area is 116 Å². The number of carboxylic acid groups (broad SMARTS) is 1. The van der Waals surface area contributed by atoms with E-state index in [1.807, 2.05) is 18.2 Å². The second kappa shape index (κ2) is 8.70. The molecule has 0 saturated heterocycles. The fraction of sp³-hybridized carbons (Fsp3) is 0.562. The van der Waals surface area contributed by atoms with Gasteiger partial charge in [-0.05, 0) is 43.3 Å². The van der Waals surface area contributed by atoms with Gasteiger partial charge in [-0.2, -0.15) is 0 Å². The van der Waals surface area contributed by atoms with Gasteiger partial charge in [0.25, 0.3) is 0 Å². The van der Waals surface area contributed by atoms with Crippen molar-refractivity contribution >= 4 is 5.97 Å². The molecule has 0 aliphatic carbocycles. The maximum Gasteiger partial charge on any atom is 0.303 e. The molecule has 0 aromatic heterocycles. The lowest BCUT2D eigenvalue weighted by molar-refractivity contribution is -0.138. The van der Waals surface area contributed by atoms with Gasteiger partial charge in [0.1, 0.15) is 0 Å². The van der Waals surface area contributed by atoms with E-state index < -0.39 is 5.97 Å². The summed E-state index contributed by atoms with van der Waals surface area (Å²) in [5, 5.41) is 12.3. The molecule has 1 rings (SSSR count). The zero-order chi connectivity index (χ0) is 14.1. The summed E-state index contributed by atoms with van der Waals surface area (Å²) in [4.78, 5) is 10.8. The Kier molecular flexibility index (Phi) is 7.19. The van der Waals surface area contributed by atoms with Crippen LogP contribution in [0.15, 0.2) is 30.3 Å². The average molecular weight is 263 g/mol. The number of carboxylic acids is 1. The third-order valence-corrected chi connectivity index (χ3v) is 3.13. The van der Waals surface area contributed by atoms with Crippen LogP contribution in [-0.2, 0) is 11.2 Å². The summed E-state index contributed by atoms with van der Waals surface area (Å²) in [5.41, 5.74) is 1.31. The fourth-order valence-electron chi connectivity index (χ4n) is 2.34. The van der Waals surface area contributed by atoms with Gasteiger partial charge in [-0.3, -0.25) is 4.79 Å². The Morgan fingerprint density at radius 1 is 1.26 bits per heavy atom. The summed E-state index contributed by atoms with van der Waals surface area (Å²) in [6, 6.07) is 10.3. The standard InChI is InChI=1S/C16H25NO2/c1-13(2)10-15(11-16(18)19)12-17-9-8-14-6-4-3-5-7-14/h3-7,13,15,17H,8-12H2,1-2H3,(H,18,19). The molecule has 1 aromatic carbocycles. The molecule has 1 atom stereocenters. The molecule has 0 fully saturated rings. The molecule has 1 unspecified atom stereocenters. The van der Waals surface area contributed by atoms with Crippen LogP contribution >= 0.6 is 0 Å². The van der Waals surface area contributed by atoms with Gasteiger partial charge in [-0.1, -0.05) is 44.2 Å². The van der Waals surface area contributed by atoms with Crippen LogP contribution < -0.4 is 5.32 Å². The molecular weight excluding hydrogens is 238 g/mol. The Hall–Kier alpha value is -1.35. The lowest BCUT2D eigenvalue weighted by atomic mass is 9.94. The maximum atomic E-state index is 10.8. The highest BCUT2D eigenvalue weighted by atomic mass is 16.4. The van der Waals surface area contributed by atoms with Crippen molar-refractivity contribution in [3.63, 3.8) is 0 Å². The molecule has 1 aromatic rings. The number of hydrogen-bond acceptors (Lipinski definition) is 2. The molecule has 0 aliphatic rings. The van der Waals surface area contributed by atoms with Gasteiger partial charge in [-0.15, -0.1) is 0 Å². The van der Waals surface area contributed by atoms with E-state index in [0.29, 0.717) is 5.92 Å². The molecular formula is C16H25NO2. The molecule has 0 amide bonds. The van der Waals surface area contributed by atoms with E-state index in [-0.39, 0.29) is 12.3 Å². The van der Waals surface area contributed by atoms with E-state index in [4.69, 9.17) is 5.11 Å². The van der Waals surface area contributed by atoms with Crippen molar-refractivity contribution in [2.24, 2.45) is 11.8 Å². The van der Waals surface area contributed by atoms with E-state index in [1.54, 1.807) is 0 Å². The van der Waals surface area contributed by atoms with Crippen molar-refractivity contribution < 1.29 is 9.90 Å². The summed E-state index contributed by atoms with van der Waals surface area (Å²) >= 11 is 0. The summed E-state index contributed by atoms with van der Waals surface area (Å²) in [7, 11) is 0. The van der Waals surface area contributed by atoms with Crippen molar-refractivity contribution in [3.05, 3.63) is 35.9 Å². The van der Waals surface area contributed by atoms with Crippen LogP contribution in [0.1, 0.15) is 32.3 Å². The van der Waals surface area contributed by atoms with Gasteiger partial charge in [-0.25, -0.2) is 0 Å². The summed E-state index contributed by atoms with van der Waals surface area (Å²) < 4.78 is 0. The molecule has 2 N–H and O–H groups in total. The van der Waals surface area contributed by atoms with E-state index in [0.717, 1.165) is 25.9 Å². The number of hydrogen-bond donors (Lipinski definition) is 2. The Morgan fingerprint density at radius 2 is 1.95 bits per heavy atom. The highest BCUT2D eigenvalue weighted by molar-refractivity contribution is 5.67. The van der Waals surface area contributed by atoms with Crippen LogP contribution in [0.2, 0.25) is 0 Å². The predicted molar refractivity (Wildman–Crippen MR) is 78.2 cm³/mol.